The SMILES string of the molecule is CNS(=O)(=O)Cc1ccccc1.[NaH]. The van der Waals surface area contributed by atoms with Crippen LogP contribution >= 0.6 is 0 Å². The van der Waals surface area contributed by atoms with Crippen LogP contribution in [0.5, 0.6) is 0 Å². The van der Waals surface area contributed by atoms with Gasteiger partial charge in [-0.05, 0) is 12.6 Å². The van der Waals surface area contributed by atoms with Gasteiger partial charge in [0.25, 0.3) is 0 Å². The first-order valence-electron chi connectivity index (χ1n) is 3.59. The zero-order valence-electron chi connectivity index (χ0n) is 6.82. The van der Waals surface area contributed by atoms with E-state index in [9.17, 15) is 8.42 Å². The van der Waals surface area contributed by atoms with Gasteiger partial charge in [0.15, 0.2) is 0 Å². The molecular weight excluding hydrogens is 197 g/mol. The van der Waals surface area contributed by atoms with Crippen LogP contribution in [-0.2, 0) is 15.8 Å². The maximum atomic E-state index is 11.1. The number of sulfonamides is 1. The standard InChI is InChI=1S/C8H11NO2S.Na.H/c1-9-12(10,11)7-8-5-3-2-4-6-8;;/h2-6,9H,7H2,1H3;;. The number of hydrogen-bond donors (Lipinski definition) is 1. The topological polar surface area (TPSA) is 46.2 Å². The number of rotatable bonds is 3. The molecule has 0 heterocycles. The third-order valence-electron chi connectivity index (χ3n) is 1.51. The van der Waals surface area contributed by atoms with Crippen molar-refractivity contribution in [2.75, 3.05) is 7.05 Å². The van der Waals surface area contributed by atoms with Gasteiger partial charge >= 0.3 is 29.6 Å². The summed E-state index contributed by atoms with van der Waals surface area (Å²) in [4.78, 5) is 0. The summed E-state index contributed by atoms with van der Waals surface area (Å²) >= 11 is 0. The van der Waals surface area contributed by atoms with Gasteiger partial charge in [-0.2, -0.15) is 0 Å². The Morgan fingerprint density at radius 2 is 1.77 bits per heavy atom. The third kappa shape index (κ3) is 4.78. The summed E-state index contributed by atoms with van der Waals surface area (Å²) in [6.07, 6.45) is 0. The van der Waals surface area contributed by atoms with Crippen LogP contribution in [0, 0.1) is 0 Å². The molecule has 68 valence electrons. The predicted molar refractivity (Wildman–Crippen MR) is 55.3 cm³/mol. The Hall–Kier alpha value is 0.130. The molecule has 1 aromatic carbocycles. The Labute approximate surface area is 101 Å². The molecule has 1 aromatic rings. The van der Waals surface area contributed by atoms with Crippen LogP contribution in [0.1, 0.15) is 5.56 Å². The van der Waals surface area contributed by atoms with E-state index in [-0.39, 0.29) is 35.3 Å². The summed E-state index contributed by atoms with van der Waals surface area (Å²) in [5.74, 6) is 0.0460. The van der Waals surface area contributed by atoms with E-state index in [1.165, 1.54) is 7.05 Å². The Balaban J connectivity index is 0.00000144. The van der Waals surface area contributed by atoms with E-state index < -0.39 is 10.0 Å². The van der Waals surface area contributed by atoms with Gasteiger partial charge in [0.2, 0.25) is 10.0 Å². The number of benzene rings is 1. The Morgan fingerprint density at radius 3 is 2.23 bits per heavy atom. The van der Waals surface area contributed by atoms with Gasteiger partial charge in [-0.25, -0.2) is 13.1 Å². The van der Waals surface area contributed by atoms with Crippen LogP contribution in [0.2, 0.25) is 0 Å². The molecule has 0 fully saturated rings. The average molecular weight is 209 g/mol. The van der Waals surface area contributed by atoms with Crippen LogP contribution < -0.4 is 4.72 Å². The summed E-state index contributed by atoms with van der Waals surface area (Å²) in [5, 5.41) is 0. The molecule has 5 heteroatoms. The summed E-state index contributed by atoms with van der Waals surface area (Å²) < 4.78 is 24.4. The minimum atomic E-state index is -3.12. The van der Waals surface area contributed by atoms with Crippen molar-refractivity contribution in [2.24, 2.45) is 0 Å². The molecule has 0 bridgehead atoms. The first-order chi connectivity index (χ1) is 5.64. The molecule has 0 spiro atoms. The second-order valence-corrected chi connectivity index (χ2v) is 4.38. The van der Waals surface area contributed by atoms with Gasteiger partial charge in [-0.3, -0.25) is 0 Å². The van der Waals surface area contributed by atoms with Crippen molar-refractivity contribution in [3.8, 4) is 0 Å². The Bertz CT molecular complexity index is 336. The molecule has 0 saturated heterocycles. The van der Waals surface area contributed by atoms with E-state index in [2.05, 4.69) is 4.72 Å². The average Bonchev–Trinajstić information content (AvgIpc) is 2.06. The molecular formula is C8H12NNaO2S. The van der Waals surface area contributed by atoms with Crippen molar-refractivity contribution in [3.05, 3.63) is 35.9 Å². The molecule has 0 atom stereocenters. The molecule has 0 amide bonds. The van der Waals surface area contributed by atoms with E-state index in [1.807, 2.05) is 18.2 Å². The van der Waals surface area contributed by atoms with Gasteiger partial charge in [-0.15, -0.1) is 0 Å². The fraction of sp³-hybridized carbons (Fsp3) is 0.250. The Kier molecular flexibility index (Phi) is 5.83. The second-order valence-electron chi connectivity index (χ2n) is 2.45. The number of nitrogens with one attached hydrogen (secondary N) is 1. The molecule has 1 N–H and O–H groups in total. The molecule has 3 nitrogen and oxygen atoms in total. The van der Waals surface area contributed by atoms with Crippen molar-refractivity contribution >= 4 is 39.6 Å². The molecule has 13 heavy (non-hydrogen) atoms. The van der Waals surface area contributed by atoms with Crippen molar-refractivity contribution in [3.63, 3.8) is 0 Å². The van der Waals surface area contributed by atoms with E-state index in [1.54, 1.807) is 12.1 Å². The van der Waals surface area contributed by atoms with Crippen molar-refractivity contribution in [1.29, 1.82) is 0 Å². The molecule has 0 aliphatic carbocycles. The quantitative estimate of drug-likeness (QED) is 0.717. The third-order valence-corrected chi connectivity index (χ3v) is 2.85. The van der Waals surface area contributed by atoms with Gasteiger partial charge in [0.05, 0.1) is 5.75 Å². The number of hydrogen-bond acceptors (Lipinski definition) is 2. The predicted octanol–water partition coefficient (Wildman–Crippen LogP) is 0.0873. The minimum absolute atomic E-state index is 0. The molecule has 0 unspecified atom stereocenters. The monoisotopic (exact) mass is 209 g/mol. The molecule has 0 saturated carbocycles. The summed E-state index contributed by atoms with van der Waals surface area (Å²) in [6.45, 7) is 0. The van der Waals surface area contributed by atoms with Crippen molar-refractivity contribution in [2.45, 2.75) is 5.75 Å². The van der Waals surface area contributed by atoms with Crippen LogP contribution in [0.4, 0.5) is 0 Å². The fourth-order valence-electron chi connectivity index (χ4n) is 0.866. The van der Waals surface area contributed by atoms with Crippen LogP contribution in [0.3, 0.4) is 0 Å². The summed E-state index contributed by atoms with van der Waals surface area (Å²) in [5.41, 5.74) is 0.798. The van der Waals surface area contributed by atoms with Crippen molar-refractivity contribution in [1.82, 2.24) is 4.72 Å². The van der Waals surface area contributed by atoms with E-state index in [0.717, 1.165) is 5.56 Å². The fourth-order valence-corrected chi connectivity index (χ4v) is 1.64. The molecule has 0 radical (unpaired) electrons. The zero-order valence-corrected chi connectivity index (χ0v) is 7.64. The van der Waals surface area contributed by atoms with Gasteiger partial charge in [0, 0.05) is 0 Å². The van der Waals surface area contributed by atoms with Crippen LogP contribution in [0.25, 0.3) is 0 Å². The summed E-state index contributed by atoms with van der Waals surface area (Å²) in [6, 6.07) is 9.07. The second kappa shape index (κ2) is 5.78. The molecule has 0 aromatic heterocycles. The van der Waals surface area contributed by atoms with Gasteiger partial charge in [-0.1, -0.05) is 30.3 Å². The van der Waals surface area contributed by atoms with Crippen molar-refractivity contribution < 1.29 is 8.42 Å². The van der Waals surface area contributed by atoms with Gasteiger partial charge in [0.1, 0.15) is 0 Å². The van der Waals surface area contributed by atoms with E-state index in [0.29, 0.717) is 0 Å². The normalized spacial score (nSPS) is 10.5. The van der Waals surface area contributed by atoms with Crippen LogP contribution in [0.15, 0.2) is 30.3 Å². The molecule has 0 aliphatic heterocycles. The first-order valence-corrected chi connectivity index (χ1v) is 5.24. The summed E-state index contributed by atoms with van der Waals surface area (Å²) in [7, 11) is -1.71. The zero-order chi connectivity index (χ0) is 9.03. The molecule has 0 aliphatic rings. The molecule has 1 rings (SSSR count). The maximum absolute atomic E-state index is 11.1. The van der Waals surface area contributed by atoms with Crippen LogP contribution in [-0.4, -0.2) is 45.0 Å². The Morgan fingerprint density at radius 1 is 1.23 bits per heavy atom. The van der Waals surface area contributed by atoms with Gasteiger partial charge < -0.3 is 0 Å². The van der Waals surface area contributed by atoms with E-state index in [4.69, 9.17) is 0 Å². The van der Waals surface area contributed by atoms with E-state index >= 15 is 0 Å². The first kappa shape index (κ1) is 13.1.